The molecule has 0 radical (unpaired) electrons. The van der Waals surface area contributed by atoms with Crippen LogP contribution in [0, 0.1) is 19.7 Å². The topological polar surface area (TPSA) is 240 Å². The molecule has 0 unspecified atom stereocenters. The molecule has 2 bridgehead atoms. The largest absolute Gasteiger partial charge is 0.489 e. The lowest BCUT2D eigenvalue weighted by Gasteiger charge is -2.35. The van der Waals surface area contributed by atoms with Crippen LogP contribution in [0.4, 0.5) is 10.2 Å². The second-order valence-electron chi connectivity index (χ2n) is 21.0. The van der Waals surface area contributed by atoms with Crippen LogP contribution in [-0.4, -0.2) is 143 Å². The van der Waals surface area contributed by atoms with Crippen LogP contribution >= 0.6 is 22.9 Å². The van der Waals surface area contributed by atoms with Gasteiger partial charge < -0.3 is 49.6 Å². The van der Waals surface area contributed by atoms with Crippen LogP contribution in [0.2, 0.25) is 5.02 Å². The van der Waals surface area contributed by atoms with Gasteiger partial charge in [0.1, 0.15) is 54.2 Å². The van der Waals surface area contributed by atoms with Crippen molar-refractivity contribution in [3.05, 3.63) is 106 Å². The molecule has 4 saturated heterocycles. The Morgan fingerprint density at radius 3 is 2.62 bits per heavy atom. The third-order valence-electron chi connectivity index (χ3n) is 16.2. The Hall–Kier alpha value is -7.34. The standard InChI is InChI=1S/C56H56ClFN12O8S/c1-27-38(58)18-39-37(20-61-65-39)45(27)46-48(57)50-47-49(63-56(78-36-12-14-75-15-13-36)64-53(47)70-34-16-40(59-19-34)44(70)25-77-50)51(46)76-24-30-4-6-31(7-5-30)41-22-69(67-66-41)29(3)55(74)68-21-35(72)17-43(68)54(73)62-42(23-71)32-8-10-33(11-9-32)52-28(2)60-26-79-52/h4-11,18,20,22,26,29,34-36,40,42-44,59,71-72H,12-17,19,21,23-25H2,1-3H3,(H,61,65)(H,62,73)/t29-,34-,35+,40-,42-,43-,44+/m0/s1. The minimum Gasteiger partial charge on any atom is -0.489 e. The van der Waals surface area contributed by atoms with Gasteiger partial charge >= 0.3 is 6.01 Å². The highest BCUT2D eigenvalue weighted by atomic mass is 35.5. The van der Waals surface area contributed by atoms with E-state index in [9.17, 15) is 19.8 Å². The monoisotopic (exact) mass is 1110 g/mol. The van der Waals surface area contributed by atoms with Gasteiger partial charge in [-0.2, -0.15) is 15.1 Å². The number of amides is 2. The average Bonchev–Trinajstić information content (AvgIpc) is 4.34. The van der Waals surface area contributed by atoms with Crippen LogP contribution in [0.1, 0.15) is 67.1 Å². The average molecular weight is 1110 g/mol. The van der Waals surface area contributed by atoms with Crippen LogP contribution in [0.25, 0.3) is 54.6 Å². The van der Waals surface area contributed by atoms with Crippen molar-refractivity contribution in [3.8, 4) is 50.3 Å². The summed E-state index contributed by atoms with van der Waals surface area (Å²) < 4.78 is 43.4. The lowest BCUT2D eigenvalue weighted by Crippen LogP contribution is -2.53. The zero-order valence-corrected chi connectivity index (χ0v) is 44.9. The molecule has 23 heteroatoms. The number of aliphatic hydroxyl groups is 2. The molecule has 0 spiro atoms. The number of aliphatic hydroxyl groups excluding tert-OH is 2. The number of hydrogen-bond acceptors (Lipinski definition) is 17. The van der Waals surface area contributed by atoms with Crippen LogP contribution in [0.15, 0.2) is 72.5 Å². The Morgan fingerprint density at radius 1 is 1.05 bits per heavy atom. The van der Waals surface area contributed by atoms with Crippen LogP contribution in [0.5, 0.6) is 17.5 Å². The first-order valence-corrected chi connectivity index (χ1v) is 27.8. The van der Waals surface area contributed by atoms with Crippen molar-refractivity contribution in [2.24, 2.45) is 0 Å². The van der Waals surface area contributed by atoms with Crippen LogP contribution in [0.3, 0.4) is 0 Å². The van der Waals surface area contributed by atoms with Gasteiger partial charge in [0.15, 0.2) is 11.5 Å². The molecule has 5 aliphatic heterocycles. The number of β-amino-alcohol motifs (C(OH)–C–C–N with tert-alkyl or cyclic N) is 1. The summed E-state index contributed by atoms with van der Waals surface area (Å²) in [5.41, 5.74) is 8.42. The molecule has 5 N–H and O–H groups in total. The number of aromatic amines is 1. The summed E-state index contributed by atoms with van der Waals surface area (Å²) in [7, 11) is 0. The number of nitrogens with zero attached hydrogens (tertiary/aromatic N) is 9. The molecule has 2 amide bonds. The van der Waals surface area contributed by atoms with Crippen molar-refractivity contribution in [2.45, 2.75) is 102 Å². The molecule has 79 heavy (non-hydrogen) atoms. The Bertz CT molecular complexity index is 3650. The van der Waals surface area contributed by atoms with Crippen molar-refractivity contribution < 1.29 is 43.1 Å². The number of piperazine rings is 1. The molecule has 7 atom stereocenters. The van der Waals surface area contributed by atoms with Gasteiger partial charge in [-0.25, -0.2) is 14.1 Å². The number of aromatic nitrogens is 8. The highest BCUT2D eigenvalue weighted by Gasteiger charge is 2.50. The number of nitrogens with one attached hydrogen (secondary N) is 3. The maximum Gasteiger partial charge on any atom is 0.319 e. The van der Waals surface area contributed by atoms with Gasteiger partial charge in [-0.3, -0.25) is 14.7 Å². The van der Waals surface area contributed by atoms with E-state index in [0.717, 1.165) is 34.7 Å². The second-order valence-corrected chi connectivity index (χ2v) is 22.2. The zero-order chi connectivity index (χ0) is 54.2. The van der Waals surface area contributed by atoms with E-state index in [4.69, 9.17) is 40.5 Å². The number of rotatable bonds is 14. The van der Waals surface area contributed by atoms with Gasteiger partial charge in [-0.15, -0.1) is 16.4 Å². The number of anilines is 1. The number of hydrogen-bond donors (Lipinski definition) is 5. The van der Waals surface area contributed by atoms with Crippen LogP contribution in [-0.2, 0) is 20.9 Å². The third kappa shape index (κ3) is 9.16. The summed E-state index contributed by atoms with van der Waals surface area (Å²) in [4.78, 5) is 47.3. The fourth-order valence-electron chi connectivity index (χ4n) is 12.0. The molecular weight excluding hydrogens is 1060 g/mol. The van der Waals surface area contributed by atoms with E-state index in [1.165, 1.54) is 27.0 Å². The fraction of sp³-hybridized carbons (Fsp3) is 0.393. The van der Waals surface area contributed by atoms with E-state index in [1.807, 2.05) is 55.5 Å². The van der Waals surface area contributed by atoms with E-state index in [-0.39, 0.29) is 61.4 Å². The van der Waals surface area contributed by atoms with Gasteiger partial charge in [0.2, 0.25) is 11.8 Å². The number of carbonyl (C=O) groups is 2. The van der Waals surface area contributed by atoms with E-state index in [0.29, 0.717) is 105 Å². The summed E-state index contributed by atoms with van der Waals surface area (Å²) in [6.07, 6.45) is 4.52. The summed E-state index contributed by atoms with van der Waals surface area (Å²) in [5, 5.41) is 45.0. The van der Waals surface area contributed by atoms with E-state index < -0.39 is 41.9 Å². The minimum absolute atomic E-state index is 0.0332. The minimum atomic E-state index is -0.981. The SMILES string of the molecule is Cc1ncsc1-c1ccc([C@H](CO)NC(=O)[C@@H]2C[C@@H](O)CN2C(=O)[C@H](C)n2cc(-c3ccc(COc4c(-c5c(C)c(F)cc6[nH]ncc56)c(Cl)c5c6c(nc(OC7CCOCC7)nc46)N4[C@@H]6CN[C@@H](C6)[C@H]4CO5)cc3)nn2)cc1. The van der Waals surface area contributed by atoms with Gasteiger partial charge in [0.25, 0.3) is 0 Å². The number of halogens is 2. The summed E-state index contributed by atoms with van der Waals surface area (Å²) in [6.45, 7) is 7.15. The molecule has 4 fully saturated rings. The van der Waals surface area contributed by atoms with Gasteiger partial charge in [-0.1, -0.05) is 65.3 Å². The number of fused-ring (bicyclic) bond motifs is 7. The predicted molar refractivity (Wildman–Crippen MR) is 292 cm³/mol. The first-order valence-electron chi connectivity index (χ1n) is 26.5. The number of carbonyl (C=O) groups excluding carboxylic acids is 2. The first-order chi connectivity index (χ1) is 38.4. The van der Waals surface area contributed by atoms with Gasteiger partial charge in [0, 0.05) is 66.5 Å². The van der Waals surface area contributed by atoms with Gasteiger partial charge in [-0.05, 0) is 55.5 Å². The van der Waals surface area contributed by atoms with Crippen molar-refractivity contribution in [2.75, 3.05) is 44.4 Å². The Morgan fingerprint density at radius 2 is 1.85 bits per heavy atom. The first kappa shape index (κ1) is 51.1. The van der Waals surface area contributed by atoms with Crippen molar-refractivity contribution in [1.82, 2.24) is 55.7 Å². The quantitative estimate of drug-likeness (QED) is 0.0754. The molecule has 0 saturated carbocycles. The maximum atomic E-state index is 16.0. The third-order valence-corrected chi connectivity index (χ3v) is 17.5. The molecule has 0 aliphatic carbocycles. The van der Waals surface area contributed by atoms with E-state index >= 15 is 4.39 Å². The molecule has 20 nitrogen and oxygen atoms in total. The number of H-pyrrole nitrogens is 1. The number of thiazole rings is 1. The normalized spacial score (nSPS) is 21.5. The molecule has 8 aromatic rings. The Balaban J connectivity index is 0.773. The van der Waals surface area contributed by atoms with Crippen molar-refractivity contribution in [3.63, 3.8) is 0 Å². The lowest BCUT2D eigenvalue weighted by atomic mass is 9.93. The number of likely N-dealkylation sites (tertiary alicyclic amines) is 1. The lowest BCUT2D eigenvalue weighted by molar-refractivity contribution is -0.141. The van der Waals surface area contributed by atoms with Gasteiger partial charge in [0.05, 0.1) is 82.4 Å². The highest BCUT2D eigenvalue weighted by molar-refractivity contribution is 7.13. The Kier molecular flexibility index (Phi) is 13.4. The van der Waals surface area contributed by atoms with E-state index in [2.05, 4.69) is 41.0 Å². The molecule has 13 rings (SSSR count). The Labute approximate surface area is 461 Å². The van der Waals surface area contributed by atoms with E-state index in [1.54, 1.807) is 31.8 Å². The number of ether oxygens (including phenoxy) is 4. The maximum absolute atomic E-state index is 16.0. The van der Waals surface area contributed by atoms with Crippen molar-refractivity contribution >= 4 is 62.4 Å². The number of benzene rings is 4. The fourth-order valence-corrected chi connectivity index (χ4v) is 13.1. The zero-order valence-electron chi connectivity index (χ0n) is 43.4. The van der Waals surface area contributed by atoms with Crippen molar-refractivity contribution in [1.29, 1.82) is 0 Å². The summed E-state index contributed by atoms with van der Waals surface area (Å²) in [6, 6.07) is 14.3. The summed E-state index contributed by atoms with van der Waals surface area (Å²) >= 11 is 9.15. The second kappa shape index (κ2) is 20.7. The molecular formula is C56H56ClFN12O8S. The smallest absolute Gasteiger partial charge is 0.319 e. The summed E-state index contributed by atoms with van der Waals surface area (Å²) in [5.74, 6) is -0.0591. The molecule has 408 valence electrons. The van der Waals surface area contributed by atoms with Crippen LogP contribution < -0.4 is 29.7 Å². The molecule has 4 aromatic heterocycles. The number of aryl methyl sites for hydroxylation is 1. The molecule has 5 aliphatic rings. The predicted octanol–water partition coefficient (Wildman–Crippen LogP) is 6.79. The molecule has 9 heterocycles. The molecule has 4 aromatic carbocycles. The highest BCUT2D eigenvalue weighted by Crippen LogP contribution is 2.55.